The van der Waals surface area contributed by atoms with E-state index < -0.39 is 11.4 Å². The van der Waals surface area contributed by atoms with Crippen LogP contribution in [0.5, 0.6) is 0 Å². The van der Waals surface area contributed by atoms with Gasteiger partial charge in [-0.15, -0.1) is 10.2 Å². The first-order chi connectivity index (χ1) is 17.6. The Labute approximate surface area is 216 Å². The van der Waals surface area contributed by atoms with Gasteiger partial charge < -0.3 is 19.0 Å². The van der Waals surface area contributed by atoms with Crippen LogP contribution in [0.4, 0.5) is 9.18 Å². The number of likely N-dealkylation sites (tertiary alicyclic amines) is 1. The molecule has 0 bridgehead atoms. The molecule has 0 saturated carbocycles. The average molecular weight is 529 g/mol. The normalized spacial score (nSPS) is 14.9. The Hall–Kier alpha value is -3.73. The third kappa shape index (κ3) is 5.22. The molecule has 194 valence electrons. The lowest BCUT2D eigenvalue weighted by Gasteiger charge is -2.33. The van der Waals surface area contributed by atoms with Crippen LogP contribution in [-0.2, 0) is 11.2 Å². The molecule has 37 heavy (non-hydrogen) atoms. The summed E-state index contributed by atoms with van der Waals surface area (Å²) >= 11 is 6.12. The molecule has 0 atom stereocenters. The first-order valence-electron chi connectivity index (χ1n) is 11.9. The summed E-state index contributed by atoms with van der Waals surface area (Å²) in [5.41, 5.74) is 0.991. The van der Waals surface area contributed by atoms with E-state index in [1.54, 1.807) is 15.5 Å². The number of halogens is 2. The second-order valence-corrected chi connectivity index (χ2v) is 10.4. The zero-order valence-corrected chi connectivity index (χ0v) is 21.4. The van der Waals surface area contributed by atoms with Crippen LogP contribution < -0.4 is 5.56 Å². The molecule has 1 aromatic carbocycles. The summed E-state index contributed by atoms with van der Waals surface area (Å²) in [4.78, 5) is 29.5. The highest BCUT2D eigenvalue weighted by molar-refractivity contribution is 6.31. The molecule has 4 aromatic rings. The van der Waals surface area contributed by atoms with Gasteiger partial charge in [0.1, 0.15) is 22.6 Å². The van der Waals surface area contributed by atoms with Crippen LogP contribution in [0.25, 0.3) is 17.1 Å². The highest BCUT2D eigenvalue weighted by Gasteiger charge is 2.29. The van der Waals surface area contributed by atoms with Crippen molar-refractivity contribution < 1.29 is 18.3 Å². The van der Waals surface area contributed by atoms with Crippen molar-refractivity contribution in [2.24, 2.45) is 0 Å². The van der Waals surface area contributed by atoms with Gasteiger partial charge in [-0.3, -0.25) is 4.79 Å². The van der Waals surface area contributed by atoms with E-state index >= 15 is 0 Å². The number of nitrogens with zero attached hydrogens (tertiary/aromatic N) is 5. The van der Waals surface area contributed by atoms with Gasteiger partial charge >= 0.3 is 6.09 Å². The average Bonchev–Trinajstić information content (AvgIpc) is 3.47. The Morgan fingerprint density at radius 1 is 1.27 bits per heavy atom. The summed E-state index contributed by atoms with van der Waals surface area (Å²) in [5.74, 6) is -0.132. The number of amides is 1. The molecule has 4 heterocycles. The maximum absolute atomic E-state index is 14.2. The molecule has 0 unspecified atom stereocenters. The number of hydrogen-bond donors (Lipinski definition) is 1. The lowest BCUT2D eigenvalue weighted by Crippen LogP contribution is -2.41. The fourth-order valence-corrected chi connectivity index (χ4v) is 4.66. The van der Waals surface area contributed by atoms with Gasteiger partial charge in [-0.1, -0.05) is 17.7 Å². The first-order valence-corrected chi connectivity index (χ1v) is 12.3. The Kier molecular flexibility index (Phi) is 6.49. The predicted molar refractivity (Wildman–Crippen MR) is 133 cm³/mol. The number of piperidine rings is 1. The highest BCUT2D eigenvalue weighted by atomic mass is 35.5. The van der Waals surface area contributed by atoms with Crippen LogP contribution in [0.2, 0.25) is 5.02 Å². The SMILES string of the molecule is CC(C)(C)OC(=O)N1CCC(c2cc(=O)[nH]c3c(-c4nnc(Cc5c(F)cccc5Cl)o4)cnn23)CC1. The minimum atomic E-state index is -0.561. The van der Waals surface area contributed by atoms with Crippen LogP contribution in [0, 0.1) is 5.82 Å². The van der Waals surface area contributed by atoms with Gasteiger partial charge in [0.15, 0.2) is 0 Å². The summed E-state index contributed by atoms with van der Waals surface area (Å²) in [6.07, 6.45) is 2.53. The molecule has 10 nitrogen and oxygen atoms in total. The van der Waals surface area contributed by atoms with Crippen LogP contribution in [0.3, 0.4) is 0 Å². The number of ether oxygens (including phenoxy) is 1. The number of aromatic amines is 1. The first kappa shape index (κ1) is 24.9. The maximum Gasteiger partial charge on any atom is 0.410 e. The van der Waals surface area contributed by atoms with Gasteiger partial charge in [-0.25, -0.2) is 13.7 Å². The molecule has 0 radical (unpaired) electrons. The number of carbonyl (C=O) groups excluding carboxylic acids is 1. The van der Waals surface area contributed by atoms with E-state index in [1.165, 1.54) is 24.4 Å². The third-order valence-electron chi connectivity index (χ3n) is 6.19. The number of hydrogen-bond acceptors (Lipinski definition) is 7. The molecule has 3 aromatic heterocycles. The van der Waals surface area contributed by atoms with Gasteiger partial charge in [0.05, 0.1) is 18.3 Å². The molecule has 12 heteroatoms. The van der Waals surface area contributed by atoms with Crippen molar-refractivity contribution >= 4 is 23.3 Å². The summed E-state index contributed by atoms with van der Waals surface area (Å²) in [7, 11) is 0. The minimum absolute atomic E-state index is 0.0117. The molecule has 1 amide bonds. The number of aromatic nitrogens is 5. The van der Waals surface area contributed by atoms with E-state index in [0.717, 1.165) is 5.69 Å². The van der Waals surface area contributed by atoms with Gasteiger partial charge in [0.2, 0.25) is 5.89 Å². The van der Waals surface area contributed by atoms with Gasteiger partial charge in [-0.05, 0) is 45.7 Å². The molecule has 1 N–H and O–H groups in total. The molecule has 1 saturated heterocycles. The van der Waals surface area contributed by atoms with Gasteiger partial charge in [-0.2, -0.15) is 5.10 Å². The van der Waals surface area contributed by atoms with Crippen molar-refractivity contribution in [1.29, 1.82) is 0 Å². The summed E-state index contributed by atoms with van der Waals surface area (Å²) < 4.78 is 27.1. The van der Waals surface area contributed by atoms with Crippen LogP contribution in [0.15, 0.2) is 39.7 Å². The predicted octanol–water partition coefficient (Wildman–Crippen LogP) is 4.57. The molecular weight excluding hydrogens is 503 g/mol. The summed E-state index contributed by atoms with van der Waals surface area (Å²) in [5, 5.41) is 12.8. The zero-order chi connectivity index (χ0) is 26.3. The third-order valence-corrected chi connectivity index (χ3v) is 6.54. The number of H-pyrrole nitrogens is 1. The van der Waals surface area contributed by atoms with Crippen LogP contribution in [-0.4, -0.2) is 54.5 Å². The Morgan fingerprint density at radius 2 is 2.03 bits per heavy atom. The zero-order valence-electron chi connectivity index (χ0n) is 20.6. The standard InChI is InChI=1S/C25H26ClFN6O4/c1-25(2,3)37-24(35)32-9-7-14(8-10-32)19-12-20(34)29-22-16(13-28-33(19)22)23-31-30-21(36-23)11-15-17(26)5-4-6-18(15)27/h4-6,12-14H,7-11H2,1-3H3,(H,29,34). The van der Waals surface area contributed by atoms with Gasteiger partial charge in [0.25, 0.3) is 11.4 Å². The molecule has 1 aliphatic rings. The second-order valence-electron chi connectivity index (χ2n) is 10.00. The highest BCUT2D eigenvalue weighted by Crippen LogP contribution is 2.31. The topological polar surface area (TPSA) is 119 Å². The summed E-state index contributed by atoms with van der Waals surface area (Å²) in [6, 6.07) is 5.95. The molecule has 1 fully saturated rings. The minimum Gasteiger partial charge on any atom is -0.444 e. The van der Waals surface area contributed by atoms with Gasteiger partial charge in [0, 0.05) is 35.7 Å². The Bertz CT molecular complexity index is 1490. The van der Waals surface area contributed by atoms with E-state index in [-0.39, 0.29) is 46.4 Å². The number of fused-ring (bicyclic) bond motifs is 1. The molecular formula is C25H26ClFN6O4. The molecule has 0 aliphatic carbocycles. The Balaban J connectivity index is 1.38. The van der Waals surface area contributed by atoms with Crippen molar-refractivity contribution in [3.63, 3.8) is 0 Å². The number of benzene rings is 1. The molecule has 1 aliphatic heterocycles. The van der Waals surface area contributed by atoms with E-state index in [1.807, 2.05) is 20.8 Å². The second kappa shape index (κ2) is 9.62. The molecule has 0 spiro atoms. The largest absolute Gasteiger partial charge is 0.444 e. The van der Waals surface area contributed by atoms with Crippen molar-refractivity contribution in [2.45, 2.75) is 51.6 Å². The van der Waals surface area contributed by atoms with Crippen molar-refractivity contribution in [3.8, 4) is 11.5 Å². The van der Waals surface area contributed by atoms with Crippen molar-refractivity contribution in [1.82, 2.24) is 29.7 Å². The summed E-state index contributed by atoms with van der Waals surface area (Å²) in [6.45, 7) is 6.52. The number of nitrogens with one attached hydrogen (secondary N) is 1. The van der Waals surface area contributed by atoms with E-state index in [0.29, 0.717) is 37.1 Å². The van der Waals surface area contributed by atoms with E-state index in [9.17, 15) is 14.0 Å². The monoisotopic (exact) mass is 528 g/mol. The fourth-order valence-electron chi connectivity index (χ4n) is 4.43. The van der Waals surface area contributed by atoms with Crippen LogP contribution >= 0.6 is 11.6 Å². The number of carbonyl (C=O) groups is 1. The smallest absolute Gasteiger partial charge is 0.410 e. The van der Waals surface area contributed by atoms with Crippen molar-refractivity contribution in [3.05, 3.63) is 68.8 Å². The Morgan fingerprint density at radius 3 is 2.73 bits per heavy atom. The van der Waals surface area contributed by atoms with E-state index in [4.69, 9.17) is 20.8 Å². The lowest BCUT2D eigenvalue weighted by molar-refractivity contribution is 0.0203. The maximum atomic E-state index is 14.2. The number of rotatable bonds is 4. The van der Waals surface area contributed by atoms with Crippen molar-refractivity contribution in [2.75, 3.05) is 13.1 Å². The lowest BCUT2D eigenvalue weighted by atomic mass is 9.93. The quantitative estimate of drug-likeness (QED) is 0.412. The fraction of sp³-hybridized carbons (Fsp3) is 0.400. The van der Waals surface area contributed by atoms with E-state index in [2.05, 4.69) is 20.3 Å². The van der Waals surface area contributed by atoms with Crippen LogP contribution in [0.1, 0.15) is 56.7 Å². The molecule has 5 rings (SSSR count).